The van der Waals surface area contributed by atoms with Crippen LogP contribution >= 0.6 is 15.9 Å². The summed E-state index contributed by atoms with van der Waals surface area (Å²) >= 11 is 3.33. The molecule has 0 unspecified atom stereocenters. The Morgan fingerprint density at radius 2 is 2.47 bits per heavy atom. The first-order valence-electron chi connectivity index (χ1n) is 4.43. The van der Waals surface area contributed by atoms with Gasteiger partial charge in [-0.1, -0.05) is 28.1 Å². The van der Waals surface area contributed by atoms with E-state index >= 15 is 0 Å². The molecule has 0 aliphatic carbocycles. The van der Waals surface area contributed by atoms with Gasteiger partial charge in [0.15, 0.2) is 0 Å². The number of carbonyl (C=O) groups excluding carboxylic acids is 1. The lowest BCUT2D eigenvalue weighted by Crippen LogP contribution is -2.18. The summed E-state index contributed by atoms with van der Waals surface area (Å²) in [5.41, 5.74) is 3.13. The van der Waals surface area contributed by atoms with Crippen LogP contribution in [0.4, 0.5) is 4.79 Å². The summed E-state index contributed by atoms with van der Waals surface area (Å²) in [5.74, 6) is 0. The zero-order valence-electron chi connectivity index (χ0n) is 8.24. The number of nitrogens with zero attached hydrogens (tertiary/aromatic N) is 1. The largest absolute Gasteiger partial charge is 0.449 e. The SMILES string of the molecule is CCOC(=O)NN=Cc1cccc(Br)c1. The lowest BCUT2D eigenvalue weighted by atomic mass is 10.2. The van der Waals surface area contributed by atoms with E-state index in [9.17, 15) is 4.79 Å². The Labute approximate surface area is 96.4 Å². The Hall–Kier alpha value is -1.36. The second kappa shape index (κ2) is 6.19. The highest BCUT2D eigenvalue weighted by atomic mass is 79.9. The fraction of sp³-hybridized carbons (Fsp3) is 0.200. The van der Waals surface area contributed by atoms with Gasteiger partial charge >= 0.3 is 6.09 Å². The van der Waals surface area contributed by atoms with E-state index in [4.69, 9.17) is 0 Å². The number of amides is 1. The van der Waals surface area contributed by atoms with Crippen LogP contribution in [-0.4, -0.2) is 18.9 Å². The van der Waals surface area contributed by atoms with Gasteiger partial charge in [-0.2, -0.15) is 5.10 Å². The van der Waals surface area contributed by atoms with Crippen LogP contribution in [0.25, 0.3) is 0 Å². The number of nitrogens with one attached hydrogen (secondary N) is 1. The van der Waals surface area contributed by atoms with Crippen molar-refractivity contribution in [2.24, 2.45) is 5.10 Å². The zero-order valence-corrected chi connectivity index (χ0v) is 9.82. The summed E-state index contributed by atoms with van der Waals surface area (Å²) in [4.78, 5) is 10.8. The van der Waals surface area contributed by atoms with Crippen molar-refractivity contribution in [3.05, 3.63) is 34.3 Å². The second-order valence-electron chi connectivity index (χ2n) is 2.65. The van der Waals surface area contributed by atoms with Gasteiger partial charge in [-0.3, -0.25) is 0 Å². The highest BCUT2D eigenvalue weighted by Gasteiger charge is 1.95. The monoisotopic (exact) mass is 270 g/mol. The van der Waals surface area contributed by atoms with Crippen molar-refractivity contribution < 1.29 is 9.53 Å². The Morgan fingerprint density at radius 3 is 3.13 bits per heavy atom. The van der Waals surface area contributed by atoms with Crippen molar-refractivity contribution in [2.75, 3.05) is 6.61 Å². The van der Waals surface area contributed by atoms with Crippen molar-refractivity contribution in [2.45, 2.75) is 6.92 Å². The summed E-state index contributed by atoms with van der Waals surface area (Å²) in [7, 11) is 0. The molecule has 1 amide bonds. The molecule has 1 aromatic carbocycles. The lowest BCUT2D eigenvalue weighted by molar-refractivity contribution is 0.152. The number of rotatable bonds is 3. The number of hydrogen-bond acceptors (Lipinski definition) is 3. The molecule has 1 N–H and O–H groups in total. The quantitative estimate of drug-likeness (QED) is 0.678. The molecular formula is C10H11BrN2O2. The average molecular weight is 271 g/mol. The van der Waals surface area contributed by atoms with Crippen molar-refractivity contribution in [3.8, 4) is 0 Å². The topological polar surface area (TPSA) is 50.7 Å². The molecule has 1 aromatic rings. The second-order valence-corrected chi connectivity index (χ2v) is 3.56. The predicted molar refractivity (Wildman–Crippen MR) is 61.9 cm³/mol. The van der Waals surface area contributed by atoms with E-state index in [0.29, 0.717) is 6.61 Å². The molecule has 0 heterocycles. The Bertz CT molecular complexity index is 366. The zero-order chi connectivity index (χ0) is 11.1. The van der Waals surface area contributed by atoms with Gasteiger partial charge in [0.1, 0.15) is 0 Å². The third-order valence-electron chi connectivity index (χ3n) is 1.49. The summed E-state index contributed by atoms with van der Waals surface area (Å²) in [5, 5.41) is 3.73. The summed E-state index contributed by atoms with van der Waals surface area (Å²) < 4.78 is 5.59. The Morgan fingerprint density at radius 1 is 1.67 bits per heavy atom. The van der Waals surface area contributed by atoms with Gasteiger partial charge in [0.2, 0.25) is 0 Å². The standard InChI is InChI=1S/C10H11BrN2O2/c1-2-15-10(14)13-12-7-8-4-3-5-9(11)6-8/h3-7H,2H2,1H3,(H,13,14). The minimum atomic E-state index is -0.552. The summed E-state index contributed by atoms with van der Waals surface area (Å²) in [6.45, 7) is 2.07. The van der Waals surface area contributed by atoms with E-state index in [0.717, 1.165) is 10.0 Å². The minimum Gasteiger partial charge on any atom is -0.449 e. The number of hydrogen-bond donors (Lipinski definition) is 1. The van der Waals surface area contributed by atoms with E-state index in [1.807, 2.05) is 24.3 Å². The van der Waals surface area contributed by atoms with Crippen LogP contribution in [0.1, 0.15) is 12.5 Å². The fourth-order valence-electron chi connectivity index (χ4n) is 0.910. The number of halogens is 1. The Kier molecular flexibility index (Phi) is 4.83. The molecular weight excluding hydrogens is 260 g/mol. The average Bonchev–Trinajstić information content (AvgIpc) is 2.18. The van der Waals surface area contributed by atoms with Gasteiger partial charge in [-0.25, -0.2) is 10.2 Å². The first-order valence-corrected chi connectivity index (χ1v) is 5.23. The summed E-state index contributed by atoms with van der Waals surface area (Å²) in [6, 6.07) is 7.56. The molecule has 4 nitrogen and oxygen atoms in total. The third kappa shape index (κ3) is 4.60. The van der Waals surface area contributed by atoms with Crippen LogP contribution in [0.5, 0.6) is 0 Å². The molecule has 0 bridgehead atoms. The molecule has 0 atom stereocenters. The van der Waals surface area contributed by atoms with Crippen LogP contribution < -0.4 is 5.43 Å². The molecule has 0 aliphatic heterocycles. The highest BCUT2D eigenvalue weighted by Crippen LogP contribution is 2.09. The molecule has 0 spiro atoms. The molecule has 0 saturated carbocycles. The third-order valence-corrected chi connectivity index (χ3v) is 1.99. The smallest absolute Gasteiger partial charge is 0.427 e. The number of benzene rings is 1. The van der Waals surface area contributed by atoms with Gasteiger partial charge in [0.05, 0.1) is 12.8 Å². The minimum absolute atomic E-state index is 0.332. The Balaban J connectivity index is 2.48. The highest BCUT2D eigenvalue weighted by molar-refractivity contribution is 9.10. The van der Waals surface area contributed by atoms with Gasteiger partial charge in [0, 0.05) is 4.47 Å². The molecule has 15 heavy (non-hydrogen) atoms. The van der Waals surface area contributed by atoms with Crippen molar-refractivity contribution in [3.63, 3.8) is 0 Å². The van der Waals surface area contributed by atoms with Gasteiger partial charge < -0.3 is 4.74 Å². The van der Waals surface area contributed by atoms with Crippen LogP contribution in [0.2, 0.25) is 0 Å². The fourth-order valence-corrected chi connectivity index (χ4v) is 1.33. The molecule has 80 valence electrons. The number of carbonyl (C=O) groups is 1. The van der Waals surface area contributed by atoms with Crippen molar-refractivity contribution in [1.29, 1.82) is 0 Å². The lowest BCUT2D eigenvalue weighted by Gasteiger charge is -1.98. The van der Waals surface area contributed by atoms with Gasteiger partial charge in [0.25, 0.3) is 0 Å². The van der Waals surface area contributed by atoms with Crippen LogP contribution in [0, 0.1) is 0 Å². The molecule has 5 heteroatoms. The maximum Gasteiger partial charge on any atom is 0.427 e. The van der Waals surface area contributed by atoms with E-state index in [1.54, 1.807) is 13.1 Å². The first kappa shape index (κ1) is 11.7. The van der Waals surface area contributed by atoms with E-state index in [-0.39, 0.29) is 0 Å². The normalized spacial score (nSPS) is 10.3. The predicted octanol–water partition coefficient (Wildman–Crippen LogP) is 2.53. The summed E-state index contributed by atoms with van der Waals surface area (Å²) in [6.07, 6.45) is 0.991. The van der Waals surface area contributed by atoms with Crippen LogP contribution in [0.3, 0.4) is 0 Å². The number of hydrazone groups is 1. The molecule has 0 aromatic heterocycles. The van der Waals surface area contributed by atoms with E-state index < -0.39 is 6.09 Å². The number of ether oxygens (including phenoxy) is 1. The van der Waals surface area contributed by atoms with Gasteiger partial charge in [-0.15, -0.1) is 0 Å². The molecule has 0 saturated heterocycles. The van der Waals surface area contributed by atoms with Crippen molar-refractivity contribution in [1.82, 2.24) is 5.43 Å². The first-order chi connectivity index (χ1) is 7.22. The van der Waals surface area contributed by atoms with Crippen LogP contribution in [-0.2, 0) is 4.74 Å². The molecule has 0 fully saturated rings. The maximum absolute atomic E-state index is 10.8. The van der Waals surface area contributed by atoms with Gasteiger partial charge in [-0.05, 0) is 24.6 Å². The van der Waals surface area contributed by atoms with E-state index in [2.05, 4.69) is 31.2 Å². The maximum atomic E-state index is 10.8. The van der Waals surface area contributed by atoms with Crippen molar-refractivity contribution >= 4 is 28.2 Å². The van der Waals surface area contributed by atoms with E-state index in [1.165, 1.54) is 0 Å². The molecule has 0 radical (unpaired) electrons. The molecule has 0 aliphatic rings. The molecule has 1 rings (SSSR count). The van der Waals surface area contributed by atoms with Crippen LogP contribution in [0.15, 0.2) is 33.8 Å².